The van der Waals surface area contributed by atoms with E-state index in [9.17, 15) is 13.2 Å². The molecule has 0 spiro atoms. The third-order valence-corrected chi connectivity index (χ3v) is 5.13. The summed E-state index contributed by atoms with van der Waals surface area (Å²) in [5.74, 6) is 0.263. The summed E-state index contributed by atoms with van der Waals surface area (Å²) in [5.41, 5.74) is 1.98. The van der Waals surface area contributed by atoms with E-state index in [1.807, 2.05) is 38.1 Å². The summed E-state index contributed by atoms with van der Waals surface area (Å²) in [6.45, 7) is 4.14. The van der Waals surface area contributed by atoms with E-state index in [-0.39, 0.29) is 31.1 Å². The van der Waals surface area contributed by atoms with Gasteiger partial charge in [0.2, 0.25) is 10.0 Å². The van der Waals surface area contributed by atoms with Crippen molar-refractivity contribution in [1.82, 2.24) is 4.72 Å². The van der Waals surface area contributed by atoms with Crippen LogP contribution in [-0.4, -0.2) is 34.1 Å². The number of carbonyl (C=O) groups excluding carboxylic acids is 1. The Balaban J connectivity index is 1.67. The van der Waals surface area contributed by atoms with Gasteiger partial charge in [-0.15, -0.1) is 0 Å². The van der Waals surface area contributed by atoms with Crippen molar-refractivity contribution in [3.05, 3.63) is 59.7 Å². The monoisotopic (exact) mass is 377 g/mol. The molecule has 0 aliphatic heterocycles. The van der Waals surface area contributed by atoms with Crippen molar-refractivity contribution < 1.29 is 22.7 Å². The molecule has 0 saturated carbocycles. The molecule has 26 heavy (non-hydrogen) atoms. The van der Waals surface area contributed by atoms with Crippen LogP contribution in [0.25, 0.3) is 0 Å². The number of rotatable bonds is 9. The van der Waals surface area contributed by atoms with Crippen molar-refractivity contribution >= 4 is 16.0 Å². The highest BCUT2D eigenvalue weighted by atomic mass is 32.2. The van der Waals surface area contributed by atoms with Crippen molar-refractivity contribution in [1.29, 1.82) is 0 Å². The Labute approximate surface area is 154 Å². The van der Waals surface area contributed by atoms with Crippen LogP contribution in [0.2, 0.25) is 0 Å². The largest absolute Gasteiger partial charge is 0.490 e. The fraction of sp³-hybridized carbons (Fsp3) is 0.316. The highest BCUT2D eigenvalue weighted by Crippen LogP contribution is 2.15. The first kappa shape index (κ1) is 19.9. The van der Waals surface area contributed by atoms with Crippen LogP contribution < -0.4 is 9.46 Å². The highest BCUT2D eigenvalue weighted by molar-refractivity contribution is 7.89. The lowest BCUT2D eigenvalue weighted by Crippen LogP contribution is -2.27. The summed E-state index contributed by atoms with van der Waals surface area (Å²) >= 11 is 0. The molecule has 6 nitrogen and oxygen atoms in total. The van der Waals surface area contributed by atoms with Crippen LogP contribution >= 0.6 is 0 Å². The van der Waals surface area contributed by atoms with Gasteiger partial charge in [-0.2, -0.15) is 0 Å². The van der Waals surface area contributed by atoms with Crippen LogP contribution in [0.3, 0.4) is 0 Å². The lowest BCUT2D eigenvalue weighted by atomic mass is 10.2. The first-order valence-electron chi connectivity index (χ1n) is 8.29. The molecule has 140 valence electrons. The summed E-state index contributed by atoms with van der Waals surface area (Å²) in [6.07, 6.45) is -0.0462. The Morgan fingerprint density at radius 2 is 1.69 bits per heavy atom. The molecule has 0 radical (unpaired) electrons. The number of carbonyl (C=O) groups is 1. The zero-order chi connectivity index (χ0) is 19.0. The summed E-state index contributed by atoms with van der Waals surface area (Å²) in [6, 6.07) is 14.1. The maximum absolute atomic E-state index is 12.1. The number of aryl methyl sites for hydroxylation is 2. The number of hydrogen-bond acceptors (Lipinski definition) is 5. The van der Waals surface area contributed by atoms with E-state index in [2.05, 4.69) is 4.72 Å². The Bertz CT molecular complexity index is 831. The molecule has 2 rings (SSSR count). The summed E-state index contributed by atoms with van der Waals surface area (Å²) in [4.78, 5) is 11.8. The molecule has 0 aliphatic rings. The molecule has 0 saturated heterocycles. The Hall–Kier alpha value is -2.38. The fourth-order valence-corrected chi connectivity index (χ4v) is 3.22. The van der Waals surface area contributed by atoms with E-state index in [1.165, 1.54) is 12.1 Å². The van der Waals surface area contributed by atoms with Crippen molar-refractivity contribution in [3.8, 4) is 5.75 Å². The maximum atomic E-state index is 12.1. The molecular weight excluding hydrogens is 354 g/mol. The number of para-hydroxylation sites is 1. The summed E-state index contributed by atoms with van der Waals surface area (Å²) in [7, 11) is -3.62. The molecule has 2 aromatic carbocycles. The molecule has 2 aromatic rings. The lowest BCUT2D eigenvalue weighted by molar-refractivity contribution is -0.144. The number of sulfonamides is 1. The number of hydrogen-bond donors (Lipinski definition) is 1. The molecule has 0 aromatic heterocycles. The molecule has 1 N–H and O–H groups in total. The second kappa shape index (κ2) is 9.35. The van der Waals surface area contributed by atoms with E-state index in [4.69, 9.17) is 9.47 Å². The quantitative estimate of drug-likeness (QED) is 0.537. The van der Waals surface area contributed by atoms with Crippen molar-refractivity contribution in [3.63, 3.8) is 0 Å². The van der Waals surface area contributed by atoms with Crippen LogP contribution in [0, 0.1) is 13.8 Å². The standard InChI is InChI=1S/C19H23NO5S/c1-15-7-9-17(10-8-15)26(22,23)20-12-11-19(21)25-14-13-24-18-6-4-3-5-16(18)2/h3-10,20H,11-14H2,1-2H3. The topological polar surface area (TPSA) is 81.7 Å². The normalized spacial score (nSPS) is 11.2. The molecule has 0 unspecified atom stereocenters. The third-order valence-electron chi connectivity index (χ3n) is 3.65. The van der Waals surface area contributed by atoms with Gasteiger partial charge in [0, 0.05) is 6.54 Å². The lowest BCUT2D eigenvalue weighted by Gasteiger charge is -2.10. The van der Waals surface area contributed by atoms with Crippen LogP contribution in [0.5, 0.6) is 5.75 Å². The molecule has 7 heteroatoms. The first-order chi connectivity index (χ1) is 12.4. The van der Waals surface area contributed by atoms with E-state index in [1.54, 1.807) is 12.1 Å². The average Bonchev–Trinajstić information content (AvgIpc) is 2.60. The van der Waals surface area contributed by atoms with E-state index in [0.717, 1.165) is 16.9 Å². The zero-order valence-corrected chi connectivity index (χ0v) is 15.7. The van der Waals surface area contributed by atoms with Gasteiger partial charge >= 0.3 is 5.97 Å². The number of benzene rings is 2. The molecule has 0 heterocycles. The molecule has 0 bridgehead atoms. The van der Waals surface area contributed by atoms with Gasteiger partial charge in [0.25, 0.3) is 0 Å². The van der Waals surface area contributed by atoms with E-state index >= 15 is 0 Å². The zero-order valence-electron chi connectivity index (χ0n) is 14.9. The van der Waals surface area contributed by atoms with Crippen LogP contribution in [-0.2, 0) is 19.6 Å². The number of nitrogens with one attached hydrogen (secondary N) is 1. The Kier molecular flexibility index (Phi) is 7.17. The molecule has 0 atom stereocenters. The van der Waals surface area contributed by atoms with Gasteiger partial charge in [-0.1, -0.05) is 35.9 Å². The van der Waals surface area contributed by atoms with Gasteiger partial charge in [0.15, 0.2) is 0 Å². The van der Waals surface area contributed by atoms with Crippen LogP contribution in [0.15, 0.2) is 53.4 Å². The average molecular weight is 377 g/mol. The highest BCUT2D eigenvalue weighted by Gasteiger charge is 2.14. The van der Waals surface area contributed by atoms with Crippen molar-refractivity contribution in [2.75, 3.05) is 19.8 Å². The van der Waals surface area contributed by atoms with Crippen LogP contribution in [0.1, 0.15) is 17.5 Å². The SMILES string of the molecule is Cc1ccc(S(=O)(=O)NCCC(=O)OCCOc2ccccc2C)cc1. The molecule has 0 amide bonds. The second-order valence-corrected chi connectivity index (χ2v) is 7.56. The van der Waals surface area contributed by atoms with Gasteiger partial charge < -0.3 is 9.47 Å². The number of esters is 1. The van der Waals surface area contributed by atoms with Gasteiger partial charge in [-0.25, -0.2) is 13.1 Å². The van der Waals surface area contributed by atoms with Gasteiger partial charge in [0.05, 0.1) is 11.3 Å². The van der Waals surface area contributed by atoms with Gasteiger partial charge in [-0.3, -0.25) is 4.79 Å². The second-order valence-electron chi connectivity index (χ2n) is 5.80. The number of ether oxygens (including phenoxy) is 2. The summed E-state index contributed by atoms with van der Waals surface area (Å²) in [5, 5.41) is 0. The Morgan fingerprint density at radius 3 is 2.38 bits per heavy atom. The van der Waals surface area contributed by atoms with Crippen molar-refractivity contribution in [2.45, 2.75) is 25.2 Å². The van der Waals surface area contributed by atoms with E-state index in [0.29, 0.717) is 0 Å². The smallest absolute Gasteiger partial charge is 0.307 e. The molecule has 0 fully saturated rings. The van der Waals surface area contributed by atoms with Gasteiger partial charge in [0.1, 0.15) is 19.0 Å². The van der Waals surface area contributed by atoms with Crippen molar-refractivity contribution in [2.24, 2.45) is 0 Å². The first-order valence-corrected chi connectivity index (χ1v) is 9.77. The predicted octanol–water partition coefficient (Wildman–Crippen LogP) is 2.59. The third kappa shape index (κ3) is 6.16. The summed E-state index contributed by atoms with van der Waals surface area (Å²) < 4.78 is 37.1. The van der Waals surface area contributed by atoms with Crippen LogP contribution in [0.4, 0.5) is 0 Å². The minimum Gasteiger partial charge on any atom is -0.490 e. The predicted molar refractivity (Wildman–Crippen MR) is 98.6 cm³/mol. The van der Waals surface area contributed by atoms with E-state index < -0.39 is 16.0 Å². The van der Waals surface area contributed by atoms with Gasteiger partial charge in [-0.05, 0) is 37.6 Å². The molecule has 0 aliphatic carbocycles. The fourth-order valence-electron chi connectivity index (χ4n) is 2.19. The minimum atomic E-state index is -3.62. The Morgan fingerprint density at radius 1 is 1.00 bits per heavy atom. The maximum Gasteiger partial charge on any atom is 0.307 e. The molecular formula is C19H23NO5S. The minimum absolute atomic E-state index is 0.0201.